The number of ether oxygens (including phenoxy) is 3. The van der Waals surface area contributed by atoms with Crippen LogP contribution in [0.2, 0.25) is 0 Å². The molecule has 0 radical (unpaired) electrons. The van der Waals surface area contributed by atoms with Crippen molar-refractivity contribution >= 4 is 5.69 Å². The van der Waals surface area contributed by atoms with Crippen LogP contribution >= 0.6 is 0 Å². The second-order valence-electron chi connectivity index (χ2n) is 10.6. The third-order valence-corrected chi connectivity index (χ3v) is 7.30. The van der Waals surface area contributed by atoms with E-state index in [4.69, 9.17) is 19.3 Å². The standard InChI is InChI=1S/C38H36N4O3/c1-43-23-11-22-39-33-17-10-16-31(24-33)34-26-35(42(41-34)38-18-8-9-21-40-38)32-19-20-36(44-27-29-12-4-2-5-13-29)37(25-32)45-28-30-14-6-3-7-15-30/h2-10,12-21,24-26,39H,11,22-23,27-28H2,1H3. The molecule has 0 aliphatic heterocycles. The summed E-state index contributed by atoms with van der Waals surface area (Å²) in [6, 6.07) is 42.5. The van der Waals surface area contributed by atoms with Crippen molar-refractivity contribution in [2.24, 2.45) is 0 Å². The first kappa shape index (κ1) is 29.7. The number of nitrogens with zero attached hydrogens (tertiary/aromatic N) is 3. The molecule has 0 aliphatic rings. The molecule has 0 bridgehead atoms. The number of hydrogen-bond acceptors (Lipinski definition) is 6. The molecule has 6 aromatic rings. The summed E-state index contributed by atoms with van der Waals surface area (Å²) in [5.41, 5.74) is 6.87. The molecule has 0 amide bonds. The van der Waals surface area contributed by atoms with Crippen molar-refractivity contribution < 1.29 is 14.2 Å². The van der Waals surface area contributed by atoms with E-state index in [0.29, 0.717) is 24.7 Å². The van der Waals surface area contributed by atoms with Gasteiger partial charge in [-0.1, -0.05) is 78.9 Å². The quantitative estimate of drug-likeness (QED) is 0.128. The molecule has 0 spiro atoms. The van der Waals surface area contributed by atoms with Gasteiger partial charge in [-0.3, -0.25) is 0 Å². The summed E-state index contributed by atoms with van der Waals surface area (Å²) in [4.78, 5) is 4.62. The molecule has 6 rings (SSSR count). The largest absolute Gasteiger partial charge is 0.485 e. The maximum Gasteiger partial charge on any atom is 0.162 e. The second-order valence-corrected chi connectivity index (χ2v) is 10.6. The third-order valence-electron chi connectivity index (χ3n) is 7.30. The summed E-state index contributed by atoms with van der Waals surface area (Å²) < 4.78 is 19.7. The van der Waals surface area contributed by atoms with Crippen LogP contribution in [0, 0.1) is 0 Å². The van der Waals surface area contributed by atoms with E-state index in [1.807, 2.05) is 83.5 Å². The van der Waals surface area contributed by atoms with Crippen molar-refractivity contribution in [3.8, 4) is 39.8 Å². The molecule has 7 heteroatoms. The van der Waals surface area contributed by atoms with Crippen LogP contribution in [0.5, 0.6) is 11.5 Å². The first-order chi connectivity index (χ1) is 22.3. The summed E-state index contributed by atoms with van der Waals surface area (Å²) in [5.74, 6) is 2.06. The van der Waals surface area contributed by atoms with Gasteiger partial charge < -0.3 is 19.5 Å². The van der Waals surface area contributed by atoms with Gasteiger partial charge in [-0.05, 0) is 66.1 Å². The number of methoxy groups -OCH3 is 1. The number of nitrogens with one attached hydrogen (secondary N) is 1. The molecule has 0 saturated carbocycles. The number of rotatable bonds is 14. The number of anilines is 1. The number of aromatic nitrogens is 3. The van der Waals surface area contributed by atoms with Crippen molar-refractivity contribution in [2.75, 3.05) is 25.6 Å². The maximum absolute atomic E-state index is 6.39. The van der Waals surface area contributed by atoms with Gasteiger partial charge >= 0.3 is 0 Å². The molecule has 0 saturated heterocycles. The molecule has 2 heterocycles. The molecule has 226 valence electrons. The number of benzene rings is 4. The van der Waals surface area contributed by atoms with Gasteiger partial charge in [-0.2, -0.15) is 5.10 Å². The van der Waals surface area contributed by atoms with E-state index in [0.717, 1.165) is 64.7 Å². The predicted molar refractivity (Wildman–Crippen MR) is 179 cm³/mol. The Morgan fingerprint density at radius 3 is 2.11 bits per heavy atom. The average Bonchev–Trinajstić information content (AvgIpc) is 3.56. The second kappa shape index (κ2) is 14.9. The van der Waals surface area contributed by atoms with Gasteiger partial charge in [0.2, 0.25) is 0 Å². The van der Waals surface area contributed by atoms with E-state index in [2.05, 4.69) is 58.8 Å². The van der Waals surface area contributed by atoms with E-state index in [1.54, 1.807) is 13.3 Å². The predicted octanol–water partition coefficient (Wildman–Crippen LogP) is 8.21. The van der Waals surface area contributed by atoms with Crippen LogP contribution in [0.4, 0.5) is 5.69 Å². The monoisotopic (exact) mass is 596 g/mol. The van der Waals surface area contributed by atoms with Crippen LogP contribution in [-0.2, 0) is 18.0 Å². The number of pyridine rings is 1. The molecule has 4 aromatic carbocycles. The summed E-state index contributed by atoms with van der Waals surface area (Å²) in [6.45, 7) is 2.40. The highest BCUT2D eigenvalue weighted by atomic mass is 16.5. The topological polar surface area (TPSA) is 70.4 Å². The highest BCUT2D eigenvalue weighted by Gasteiger charge is 2.17. The molecule has 45 heavy (non-hydrogen) atoms. The van der Waals surface area contributed by atoms with Gasteiger partial charge in [0, 0.05) is 43.3 Å². The van der Waals surface area contributed by atoms with Crippen LogP contribution < -0.4 is 14.8 Å². The molecule has 0 aliphatic carbocycles. The highest BCUT2D eigenvalue weighted by molar-refractivity contribution is 5.73. The van der Waals surface area contributed by atoms with Crippen LogP contribution in [0.25, 0.3) is 28.3 Å². The lowest BCUT2D eigenvalue weighted by molar-refractivity contribution is 0.198. The van der Waals surface area contributed by atoms with E-state index >= 15 is 0 Å². The Balaban J connectivity index is 1.35. The lowest BCUT2D eigenvalue weighted by Gasteiger charge is -2.15. The fraction of sp³-hybridized carbons (Fsp3) is 0.158. The van der Waals surface area contributed by atoms with Crippen LogP contribution in [0.1, 0.15) is 17.5 Å². The molecular formula is C38H36N4O3. The van der Waals surface area contributed by atoms with Crippen molar-refractivity contribution in [3.63, 3.8) is 0 Å². The minimum Gasteiger partial charge on any atom is -0.485 e. The zero-order valence-electron chi connectivity index (χ0n) is 25.3. The lowest BCUT2D eigenvalue weighted by Crippen LogP contribution is -2.04. The Hall–Kier alpha value is -5.40. The zero-order valence-corrected chi connectivity index (χ0v) is 25.3. The summed E-state index contributed by atoms with van der Waals surface area (Å²) in [6.07, 6.45) is 2.71. The van der Waals surface area contributed by atoms with E-state index in [9.17, 15) is 0 Å². The van der Waals surface area contributed by atoms with Gasteiger partial charge in [0.05, 0.1) is 11.4 Å². The van der Waals surface area contributed by atoms with Gasteiger partial charge in [-0.15, -0.1) is 0 Å². The number of hydrogen-bond donors (Lipinski definition) is 1. The van der Waals surface area contributed by atoms with Gasteiger partial charge in [0.15, 0.2) is 17.3 Å². The third kappa shape index (κ3) is 7.77. The van der Waals surface area contributed by atoms with Crippen molar-refractivity contribution in [1.82, 2.24) is 14.8 Å². The van der Waals surface area contributed by atoms with Crippen LogP contribution in [0.3, 0.4) is 0 Å². The average molecular weight is 597 g/mol. The fourth-order valence-corrected chi connectivity index (χ4v) is 4.99. The summed E-state index contributed by atoms with van der Waals surface area (Å²) in [5, 5.41) is 8.52. The molecule has 2 aromatic heterocycles. The SMILES string of the molecule is COCCCNc1cccc(-c2cc(-c3ccc(OCc4ccccc4)c(OCc4ccccc4)c3)n(-c3ccccn3)n2)c1. The van der Waals surface area contributed by atoms with Gasteiger partial charge in [0.1, 0.15) is 13.2 Å². The van der Waals surface area contributed by atoms with E-state index in [-0.39, 0.29) is 0 Å². The Bertz CT molecular complexity index is 1790. The van der Waals surface area contributed by atoms with Crippen LogP contribution in [0.15, 0.2) is 134 Å². The Labute approximate surface area is 264 Å². The molecule has 0 unspecified atom stereocenters. The minimum absolute atomic E-state index is 0.418. The Morgan fingerprint density at radius 1 is 0.667 bits per heavy atom. The van der Waals surface area contributed by atoms with E-state index in [1.165, 1.54) is 0 Å². The Morgan fingerprint density at radius 2 is 1.40 bits per heavy atom. The van der Waals surface area contributed by atoms with Crippen LogP contribution in [-0.4, -0.2) is 35.0 Å². The smallest absolute Gasteiger partial charge is 0.162 e. The molecule has 0 fully saturated rings. The Kier molecular flexibility index (Phi) is 9.80. The molecule has 0 atom stereocenters. The first-order valence-corrected chi connectivity index (χ1v) is 15.1. The molecular weight excluding hydrogens is 560 g/mol. The fourth-order valence-electron chi connectivity index (χ4n) is 4.99. The van der Waals surface area contributed by atoms with Gasteiger partial charge in [0.25, 0.3) is 0 Å². The first-order valence-electron chi connectivity index (χ1n) is 15.1. The maximum atomic E-state index is 6.39. The summed E-state index contributed by atoms with van der Waals surface area (Å²) >= 11 is 0. The molecule has 1 N–H and O–H groups in total. The van der Waals surface area contributed by atoms with E-state index < -0.39 is 0 Å². The summed E-state index contributed by atoms with van der Waals surface area (Å²) in [7, 11) is 1.72. The highest BCUT2D eigenvalue weighted by Crippen LogP contribution is 2.36. The van der Waals surface area contributed by atoms with Crippen molar-refractivity contribution in [3.05, 3.63) is 145 Å². The lowest BCUT2D eigenvalue weighted by atomic mass is 10.1. The minimum atomic E-state index is 0.418. The normalized spacial score (nSPS) is 10.9. The zero-order chi connectivity index (χ0) is 30.7. The van der Waals surface area contributed by atoms with Crippen molar-refractivity contribution in [2.45, 2.75) is 19.6 Å². The van der Waals surface area contributed by atoms with Crippen molar-refractivity contribution in [1.29, 1.82) is 0 Å². The van der Waals surface area contributed by atoms with Gasteiger partial charge in [-0.25, -0.2) is 9.67 Å². The molecule has 7 nitrogen and oxygen atoms in total.